The third-order valence-electron chi connectivity index (χ3n) is 4.26. The summed E-state index contributed by atoms with van der Waals surface area (Å²) < 4.78 is 0. The van der Waals surface area contributed by atoms with E-state index in [0.717, 1.165) is 22.6 Å². The van der Waals surface area contributed by atoms with Crippen LogP contribution in [0.4, 0.5) is 11.5 Å². The number of anilines is 2. The van der Waals surface area contributed by atoms with Crippen LogP contribution in [0.15, 0.2) is 55.9 Å². The highest BCUT2D eigenvalue weighted by Crippen LogP contribution is 2.27. The number of H-pyrrole nitrogens is 2. The van der Waals surface area contributed by atoms with E-state index in [2.05, 4.69) is 48.6 Å². The van der Waals surface area contributed by atoms with E-state index in [9.17, 15) is 0 Å². The van der Waals surface area contributed by atoms with Crippen molar-refractivity contribution in [1.82, 2.24) is 30.1 Å². The number of imidazole rings is 1. The summed E-state index contributed by atoms with van der Waals surface area (Å²) in [6, 6.07) is 9.90. The molecule has 0 radical (unpaired) electrons. The van der Waals surface area contributed by atoms with E-state index in [-0.39, 0.29) is 0 Å². The van der Waals surface area contributed by atoms with Gasteiger partial charge in [0.1, 0.15) is 11.5 Å². The number of rotatable bonds is 6. The Morgan fingerprint density at radius 2 is 1.86 bits per heavy atom. The molecule has 0 atom stereocenters. The molecule has 0 spiro atoms. The first-order chi connectivity index (χ1) is 13.7. The normalized spacial score (nSPS) is 10.6. The van der Waals surface area contributed by atoms with Crippen molar-refractivity contribution in [3.05, 3.63) is 72.8 Å². The van der Waals surface area contributed by atoms with Crippen molar-refractivity contribution in [3.63, 3.8) is 0 Å². The highest BCUT2D eigenvalue weighted by Gasteiger charge is 2.14. The van der Waals surface area contributed by atoms with Crippen LogP contribution in [0.5, 0.6) is 0 Å². The van der Waals surface area contributed by atoms with Crippen LogP contribution in [0.2, 0.25) is 0 Å². The number of aryl methyl sites for hydroxylation is 1. The standard InChI is InChI=1S/C21H19N7/c1-4-15-16(5-2)26-21(25-15)19-17(12-23-28-19)24-18-10-11-22-20(27-18)14-8-6-13(3)7-9-14/h4-12H,1-2H2,3H3,(H,23,28)(H,25,26)(H,22,24,27). The quantitative estimate of drug-likeness (QED) is 0.462. The molecule has 0 aliphatic heterocycles. The van der Waals surface area contributed by atoms with Crippen LogP contribution in [0.3, 0.4) is 0 Å². The van der Waals surface area contributed by atoms with Gasteiger partial charge in [-0.25, -0.2) is 15.0 Å². The highest BCUT2D eigenvalue weighted by molar-refractivity contribution is 5.75. The third-order valence-corrected chi connectivity index (χ3v) is 4.26. The number of aromatic amines is 2. The molecule has 4 rings (SSSR count). The maximum absolute atomic E-state index is 4.61. The second-order valence-corrected chi connectivity index (χ2v) is 6.21. The molecule has 0 saturated heterocycles. The van der Waals surface area contributed by atoms with Gasteiger partial charge >= 0.3 is 0 Å². The van der Waals surface area contributed by atoms with Crippen LogP contribution < -0.4 is 5.32 Å². The molecule has 7 heteroatoms. The maximum Gasteiger partial charge on any atom is 0.161 e. The molecule has 0 unspecified atom stereocenters. The van der Waals surface area contributed by atoms with Crippen LogP contribution in [0, 0.1) is 6.92 Å². The van der Waals surface area contributed by atoms with Gasteiger partial charge < -0.3 is 10.3 Å². The Morgan fingerprint density at radius 1 is 1.04 bits per heavy atom. The summed E-state index contributed by atoms with van der Waals surface area (Å²) in [5.74, 6) is 1.95. The average Bonchev–Trinajstić information content (AvgIpc) is 3.35. The first-order valence-electron chi connectivity index (χ1n) is 8.73. The number of hydrogen-bond donors (Lipinski definition) is 3. The predicted octanol–water partition coefficient (Wildman–Crippen LogP) is 4.59. The minimum atomic E-state index is 0.637. The molecule has 1 aromatic carbocycles. The monoisotopic (exact) mass is 369 g/mol. The van der Waals surface area contributed by atoms with Gasteiger partial charge in [0, 0.05) is 11.8 Å². The van der Waals surface area contributed by atoms with Crippen molar-refractivity contribution in [2.45, 2.75) is 6.92 Å². The third kappa shape index (κ3) is 3.33. The molecule has 0 amide bonds. The molecular weight excluding hydrogens is 350 g/mol. The van der Waals surface area contributed by atoms with Crippen molar-refractivity contribution in [3.8, 4) is 22.9 Å². The van der Waals surface area contributed by atoms with Gasteiger partial charge in [-0.05, 0) is 25.1 Å². The molecule has 7 nitrogen and oxygen atoms in total. The zero-order chi connectivity index (χ0) is 19.5. The Morgan fingerprint density at radius 3 is 2.57 bits per heavy atom. The molecule has 3 heterocycles. The van der Waals surface area contributed by atoms with E-state index in [1.807, 2.05) is 31.2 Å². The molecular formula is C21H19N7. The molecule has 0 aliphatic rings. The zero-order valence-corrected chi connectivity index (χ0v) is 15.4. The number of nitrogens with zero attached hydrogens (tertiary/aromatic N) is 4. The van der Waals surface area contributed by atoms with E-state index in [1.165, 1.54) is 5.56 Å². The van der Waals surface area contributed by atoms with E-state index in [1.54, 1.807) is 30.6 Å². The van der Waals surface area contributed by atoms with Crippen molar-refractivity contribution < 1.29 is 0 Å². The fraction of sp³-hybridized carbons (Fsp3) is 0.0476. The molecule has 3 N–H and O–H groups in total. The predicted molar refractivity (Wildman–Crippen MR) is 112 cm³/mol. The van der Waals surface area contributed by atoms with Gasteiger partial charge in [0.25, 0.3) is 0 Å². The van der Waals surface area contributed by atoms with Gasteiger partial charge in [-0.2, -0.15) is 5.10 Å². The van der Waals surface area contributed by atoms with Crippen molar-refractivity contribution >= 4 is 23.7 Å². The highest BCUT2D eigenvalue weighted by atomic mass is 15.2. The fourth-order valence-electron chi connectivity index (χ4n) is 2.80. The van der Waals surface area contributed by atoms with Gasteiger partial charge in [-0.1, -0.05) is 43.0 Å². The Kier molecular flexibility index (Phi) is 4.55. The van der Waals surface area contributed by atoms with Crippen LogP contribution in [-0.4, -0.2) is 30.1 Å². The molecule has 0 bridgehead atoms. The molecule has 28 heavy (non-hydrogen) atoms. The Bertz CT molecular complexity index is 1110. The fourth-order valence-corrected chi connectivity index (χ4v) is 2.80. The van der Waals surface area contributed by atoms with E-state index >= 15 is 0 Å². The number of nitrogens with one attached hydrogen (secondary N) is 3. The topological polar surface area (TPSA) is 95.2 Å². The summed E-state index contributed by atoms with van der Waals surface area (Å²) in [5, 5.41) is 10.4. The first kappa shape index (κ1) is 17.4. The molecule has 0 aliphatic carbocycles. The van der Waals surface area contributed by atoms with Crippen molar-refractivity contribution in [2.24, 2.45) is 0 Å². The number of hydrogen-bond acceptors (Lipinski definition) is 5. The zero-order valence-electron chi connectivity index (χ0n) is 15.4. The second kappa shape index (κ2) is 7.32. The lowest BCUT2D eigenvalue weighted by atomic mass is 10.1. The van der Waals surface area contributed by atoms with Gasteiger partial charge in [-0.15, -0.1) is 0 Å². The molecule has 138 valence electrons. The Labute approximate surface area is 162 Å². The Balaban J connectivity index is 1.64. The van der Waals surface area contributed by atoms with Crippen LogP contribution in [0.1, 0.15) is 17.0 Å². The van der Waals surface area contributed by atoms with Gasteiger partial charge in [0.05, 0.1) is 23.3 Å². The minimum Gasteiger partial charge on any atom is -0.337 e. The SMILES string of the molecule is C=Cc1nc(-c2[nH]ncc2Nc2ccnc(-c3ccc(C)cc3)n2)[nH]c1C=C. The van der Waals surface area contributed by atoms with Crippen LogP contribution in [0.25, 0.3) is 35.1 Å². The lowest BCUT2D eigenvalue weighted by molar-refractivity contribution is 1.08. The van der Waals surface area contributed by atoms with E-state index < -0.39 is 0 Å². The second-order valence-electron chi connectivity index (χ2n) is 6.21. The van der Waals surface area contributed by atoms with Crippen LogP contribution in [-0.2, 0) is 0 Å². The molecule has 4 aromatic rings. The summed E-state index contributed by atoms with van der Waals surface area (Å²) >= 11 is 0. The van der Waals surface area contributed by atoms with Crippen molar-refractivity contribution in [2.75, 3.05) is 5.32 Å². The lowest BCUT2D eigenvalue weighted by Gasteiger charge is -2.07. The number of benzene rings is 1. The molecule has 0 fully saturated rings. The smallest absolute Gasteiger partial charge is 0.161 e. The van der Waals surface area contributed by atoms with Crippen molar-refractivity contribution in [1.29, 1.82) is 0 Å². The van der Waals surface area contributed by atoms with E-state index in [0.29, 0.717) is 23.2 Å². The summed E-state index contributed by atoms with van der Waals surface area (Å²) in [4.78, 5) is 16.7. The summed E-state index contributed by atoms with van der Waals surface area (Å²) in [7, 11) is 0. The minimum absolute atomic E-state index is 0.637. The lowest BCUT2D eigenvalue weighted by Crippen LogP contribution is -1.97. The van der Waals surface area contributed by atoms with Gasteiger partial charge in [0.2, 0.25) is 0 Å². The first-order valence-corrected chi connectivity index (χ1v) is 8.73. The maximum atomic E-state index is 4.61. The van der Waals surface area contributed by atoms with Crippen LogP contribution >= 0.6 is 0 Å². The summed E-state index contributed by atoms with van der Waals surface area (Å²) in [5.41, 5.74) is 5.14. The largest absolute Gasteiger partial charge is 0.337 e. The van der Waals surface area contributed by atoms with Gasteiger partial charge in [-0.3, -0.25) is 5.10 Å². The summed E-state index contributed by atoms with van der Waals surface area (Å²) in [6.07, 6.45) is 6.80. The molecule has 0 saturated carbocycles. The van der Waals surface area contributed by atoms with Gasteiger partial charge in [0.15, 0.2) is 11.6 Å². The molecule has 3 aromatic heterocycles. The Hall–Kier alpha value is -4.00. The number of aromatic nitrogens is 6. The van der Waals surface area contributed by atoms with E-state index in [4.69, 9.17) is 0 Å². The average molecular weight is 369 g/mol. The summed E-state index contributed by atoms with van der Waals surface area (Å²) in [6.45, 7) is 9.62.